The smallest absolute Gasteiger partial charge is 0.276 e. The lowest BCUT2D eigenvalue weighted by atomic mass is 10.2. The Balaban J connectivity index is 2.17. The van der Waals surface area contributed by atoms with Crippen LogP contribution in [0, 0.1) is 10.1 Å². The molecule has 2 rings (SSSR count). The lowest BCUT2D eigenvalue weighted by molar-refractivity contribution is -0.384. The van der Waals surface area contributed by atoms with Crippen molar-refractivity contribution in [3.63, 3.8) is 0 Å². The van der Waals surface area contributed by atoms with Gasteiger partial charge in [0.05, 0.1) is 23.2 Å². The van der Waals surface area contributed by atoms with Crippen molar-refractivity contribution in [2.75, 3.05) is 30.5 Å². The Morgan fingerprint density at radius 2 is 2.47 bits per heavy atom. The van der Waals surface area contributed by atoms with Gasteiger partial charge in [0.25, 0.3) is 5.69 Å². The van der Waals surface area contributed by atoms with Gasteiger partial charge in [-0.2, -0.15) is 0 Å². The van der Waals surface area contributed by atoms with E-state index in [1.54, 1.807) is 0 Å². The fourth-order valence-corrected chi connectivity index (χ4v) is 2.06. The van der Waals surface area contributed by atoms with Crippen molar-refractivity contribution in [3.05, 3.63) is 22.2 Å². The number of pyridine rings is 1. The summed E-state index contributed by atoms with van der Waals surface area (Å²) in [5.41, 5.74) is 2.29. The van der Waals surface area contributed by atoms with Gasteiger partial charge >= 0.3 is 0 Å². The van der Waals surface area contributed by atoms with Gasteiger partial charge in [-0.25, -0.2) is 10.8 Å². The summed E-state index contributed by atoms with van der Waals surface area (Å²) in [6, 6.07) is 2.72. The molecule has 2 heterocycles. The van der Waals surface area contributed by atoms with Gasteiger partial charge in [-0.1, -0.05) is 0 Å². The van der Waals surface area contributed by atoms with Crippen LogP contribution in [0.5, 0.6) is 0 Å². The van der Waals surface area contributed by atoms with E-state index in [0.29, 0.717) is 12.4 Å². The number of anilines is 2. The minimum absolute atomic E-state index is 0.0443. The highest BCUT2D eigenvalue weighted by Gasteiger charge is 2.20. The summed E-state index contributed by atoms with van der Waals surface area (Å²) in [6.07, 6.45) is 2.21. The number of rotatable bonds is 5. The quantitative estimate of drug-likeness (QED) is 0.463. The first kappa shape index (κ1) is 13.5. The lowest BCUT2D eigenvalue weighted by Crippen LogP contribution is -2.29. The maximum atomic E-state index is 10.9. The molecule has 0 amide bonds. The van der Waals surface area contributed by atoms with Crippen molar-refractivity contribution in [3.8, 4) is 0 Å². The first-order valence-electron chi connectivity index (χ1n) is 6.06. The van der Waals surface area contributed by atoms with Crippen LogP contribution in [-0.4, -0.2) is 36.2 Å². The minimum Gasteiger partial charge on any atom is -0.376 e. The molecule has 1 fully saturated rings. The molecule has 1 aliphatic heterocycles. The maximum Gasteiger partial charge on any atom is 0.276 e. The number of hydrogen-bond donors (Lipinski definition) is 2. The van der Waals surface area contributed by atoms with E-state index in [4.69, 9.17) is 10.6 Å². The molecule has 1 unspecified atom stereocenters. The fourth-order valence-electron chi connectivity index (χ4n) is 2.06. The topological polar surface area (TPSA) is 107 Å². The fraction of sp³-hybridized carbons (Fsp3) is 0.545. The molecule has 1 atom stereocenters. The Kier molecular flexibility index (Phi) is 4.13. The molecule has 8 heteroatoms. The van der Waals surface area contributed by atoms with E-state index in [-0.39, 0.29) is 17.6 Å². The van der Waals surface area contributed by atoms with Crippen LogP contribution in [0.3, 0.4) is 0 Å². The summed E-state index contributed by atoms with van der Waals surface area (Å²) in [6.45, 7) is 1.43. The van der Waals surface area contributed by atoms with Crippen LogP contribution in [-0.2, 0) is 4.74 Å². The molecule has 0 bridgehead atoms. The van der Waals surface area contributed by atoms with E-state index in [2.05, 4.69) is 10.4 Å². The third kappa shape index (κ3) is 3.30. The summed E-state index contributed by atoms with van der Waals surface area (Å²) in [7, 11) is 1.83. The number of nitrogens with one attached hydrogen (secondary N) is 1. The molecule has 1 saturated heterocycles. The molecule has 8 nitrogen and oxygen atoms in total. The standard InChI is InChI=1S/C11H17N5O3/c1-15(7-9-3-2-4-19-9)11-6-8(16(17)18)5-10(13-11)14-12/h5-6,9H,2-4,7,12H2,1H3,(H,13,14). The van der Waals surface area contributed by atoms with Crippen molar-refractivity contribution < 1.29 is 9.66 Å². The number of hydrogen-bond acceptors (Lipinski definition) is 7. The van der Waals surface area contributed by atoms with Crippen molar-refractivity contribution in [2.24, 2.45) is 5.84 Å². The molecular formula is C11H17N5O3. The van der Waals surface area contributed by atoms with Crippen molar-refractivity contribution >= 4 is 17.3 Å². The van der Waals surface area contributed by atoms with Crippen molar-refractivity contribution in [2.45, 2.75) is 18.9 Å². The van der Waals surface area contributed by atoms with Crippen LogP contribution < -0.4 is 16.2 Å². The number of ether oxygens (including phenoxy) is 1. The maximum absolute atomic E-state index is 10.9. The average Bonchev–Trinajstić information content (AvgIpc) is 2.90. The van der Waals surface area contributed by atoms with Gasteiger partial charge in [-0.05, 0) is 12.8 Å². The number of nitrogen functional groups attached to an aromatic ring is 1. The first-order valence-corrected chi connectivity index (χ1v) is 6.06. The molecule has 1 aromatic rings. The average molecular weight is 267 g/mol. The largest absolute Gasteiger partial charge is 0.376 e. The molecule has 0 spiro atoms. The Labute approximate surface area is 110 Å². The molecule has 0 radical (unpaired) electrons. The Bertz CT molecular complexity index is 462. The van der Waals surface area contributed by atoms with Crippen molar-refractivity contribution in [1.82, 2.24) is 4.98 Å². The van der Waals surface area contributed by atoms with E-state index in [1.807, 2.05) is 11.9 Å². The van der Waals surface area contributed by atoms with E-state index < -0.39 is 4.92 Å². The summed E-state index contributed by atoms with van der Waals surface area (Å²) in [4.78, 5) is 16.4. The number of nitrogens with two attached hydrogens (primary N) is 1. The van der Waals surface area contributed by atoms with Crippen LogP contribution in [0.15, 0.2) is 12.1 Å². The second-order valence-electron chi connectivity index (χ2n) is 4.49. The zero-order valence-electron chi connectivity index (χ0n) is 10.7. The van der Waals surface area contributed by atoms with Crippen LogP contribution in [0.1, 0.15) is 12.8 Å². The second kappa shape index (κ2) is 5.81. The van der Waals surface area contributed by atoms with E-state index in [9.17, 15) is 10.1 Å². The summed E-state index contributed by atoms with van der Waals surface area (Å²) in [5.74, 6) is 6.04. The molecule has 1 aliphatic rings. The van der Waals surface area contributed by atoms with Crippen LogP contribution in [0.2, 0.25) is 0 Å². The van der Waals surface area contributed by atoms with Gasteiger partial charge in [0.1, 0.15) is 11.6 Å². The van der Waals surface area contributed by atoms with Gasteiger partial charge in [0.2, 0.25) is 0 Å². The van der Waals surface area contributed by atoms with E-state index in [1.165, 1.54) is 12.1 Å². The highest BCUT2D eigenvalue weighted by molar-refractivity contribution is 5.55. The number of aromatic nitrogens is 1. The molecule has 0 saturated carbocycles. The molecule has 104 valence electrons. The Morgan fingerprint density at radius 1 is 1.68 bits per heavy atom. The summed E-state index contributed by atoms with van der Waals surface area (Å²) >= 11 is 0. The molecule has 3 N–H and O–H groups in total. The number of nitro groups is 1. The first-order chi connectivity index (χ1) is 9.10. The third-order valence-electron chi connectivity index (χ3n) is 3.05. The molecule has 19 heavy (non-hydrogen) atoms. The molecular weight excluding hydrogens is 250 g/mol. The molecule has 1 aromatic heterocycles. The monoisotopic (exact) mass is 267 g/mol. The van der Waals surface area contributed by atoms with Crippen LogP contribution in [0.25, 0.3) is 0 Å². The predicted molar refractivity (Wildman–Crippen MR) is 70.9 cm³/mol. The molecule has 0 aliphatic carbocycles. The second-order valence-corrected chi connectivity index (χ2v) is 4.49. The van der Waals surface area contributed by atoms with Crippen LogP contribution in [0.4, 0.5) is 17.3 Å². The van der Waals surface area contributed by atoms with Crippen LogP contribution >= 0.6 is 0 Å². The lowest BCUT2D eigenvalue weighted by Gasteiger charge is -2.21. The summed E-state index contributed by atoms with van der Waals surface area (Å²) < 4.78 is 5.54. The van der Waals surface area contributed by atoms with E-state index in [0.717, 1.165) is 19.4 Å². The highest BCUT2D eigenvalue weighted by atomic mass is 16.6. The predicted octanol–water partition coefficient (Wildman–Crippen LogP) is 0.891. The minimum atomic E-state index is -0.466. The number of nitrogens with zero attached hydrogens (tertiary/aromatic N) is 3. The molecule has 0 aromatic carbocycles. The number of likely N-dealkylation sites (N-methyl/N-ethyl adjacent to an activating group) is 1. The number of hydrazine groups is 1. The zero-order valence-corrected chi connectivity index (χ0v) is 10.7. The van der Waals surface area contributed by atoms with Gasteiger partial charge in [-0.15, -0.1) is 0 Å². The highest BCUT2D eigenvalue weighted by Crippen LogP contribution is 2.23. The zero-order chi connectivity index (χ0) is 13.8. The van der Waals surface area contributed by atoms with Gasteiger partial charge in [0.15, 0.2) is 0 Å². The Hall–Kier alpha value is -1.93. The van der Waals surface area contributed by atoms with Gasteiger partial charge in [0, 0.05) is 20.2 Å². The SMILES string of the molecule is CN(CC1CCCO1)c1cc([N+](=O)[O-])cc(NN)n1. The van der Waals surface area contributed by atoms with E-state index >= 15 is 0 Å². The Morgan fingerprint density at radius 3 is 3.05 bits per heavy atom. The van der Waals surface area contributed by atoms with Crippen molar-refractivity contribution in [1.29, 1.82) is 0 Å². The normalized spacial score (nSPS) is 18.3. The third-order valence-corrected chi connectivity index (χ3v) is 3.05. The van der Waals surface area contributed by atoms with Gasteiger partial charge < -0.3 is 15.1 Å². The summed E-state index contributed by atoms with van der Waals surface area (Å²) in [5, 5.41) is 10.9. The van der Waals surface area contributed by atoms with Gasteiger partial charge in [-0.3, -0.25) is 10.1 Å².